The summed E-state index contributed by atoms with van der Waals surface area (Å²) in [6, 6.07) is 14.5. The number of nitrogens with zero attached hydrogens (tertiary/aromatic N) is 1. The number of nitrogens with one attached hydrogen (secondary N) is 1. The van der Waals surface area contributed by atoms with Crippen molar-refractivity contribution in [3.05, 3.63) is 64.6 Å². The van der Waals surface area contributed by atoms with Crippen molar-refractivity contribution in [2.75, 3.05) is 0 Å². The second-order valence-electron chi connectivity index (χ2n) is 4.20. The molecule has 0 fully saturated rings. The van der Waals surface area contributed by atoms with E-state index in [2.05, 4.69) is 4.98 Å². The van der Waals surface area contributed by atoms with E-state index < -0.39 is 0 Å². The van der Waals surface area contributed by atoms with Crippen LogP contribution in [0, 0.1) is 0 Å². The van der Waals surface area contributed by atoms with Crippen LogP contribution in [0.3, 0.4) is 0 Å². The molecule has 90 valence electrons. The number of H-pyrrole nitrogens is 1. The van der Waals surface area contributed by atoms with Gasteiger partial charge in [0.05, 0.1) is 17.6 Å². The topological polar surface area (TPSA) is 58.0 Å². The van der Waals surface area contributed by atoms with Crippen molar-refractivity contribution in [2.24, 2.45) is 0 Å². The first-order chi connectivity index (χ1) is 8.74. The van der Waals surface area contributed by atoms with Crippen LogP contribution in [0.1, 0.15) is 5.56 Å². The summed E-state index contributed by atoms with van der Waals surface area (Å²) in [5.74, 6) is 0.209. The maximum atomic E-state index is 11.9. The molecule has 0 aliphatic rings. The number of para-hydroxylation sites is 2. The maximum absolute atomic E-state index is 11.9. The Morgan fingerprint density at radius 3 is 2.78 bits per heavy atom. The Bertz CT molecular complexity index is 756. The van der Waals surface area contributed by atoms with Crippen LogP contribution in [-0.4, -0.2) is 14.7 Å². The van der Waals surface area contributed by atoms with E-state index >= 15 is 0 Å². The van der Waals surface area contributed by atoms with Crippen LogP contribution in [0.25, 0.3) is 11.0 Å². The molecule has 3 rings (SSSR count). The van der Waals surface area contributed by atoms with Gasteiger partial charge in [0.15, 0.2) is 0 Å². The second-order valence-corrected chi connectivity index (χ2v) is 4.20. The number of aromatic nitrogens is 2. The van der Waals surface area contributed by atoms with Crippen molar-refractivity contribution in [2.45, 2.75) is 6.54 Å². The van der Waals surface area contributed by atoms with E-state index in [0.29, 0.717) is 6.54 Å². The number of fused-ring (bicyclic) bond motifs is 1. The second kappa shape index (κ2) is 4.07. The molecule has 0 saturated carbocycles. The van der Waals surface area contributed by atoms with Gasteiger partial charge in [-0.25, -0.2) is 4.79 Å². The number of aromatic amines is 1. The SMILES string of the molecule is O=c1[nH]c2ccccc2n1Cc1cccc(O)c1. The highest BCUT2D eigenvalue weighted by Gasteiger charge is 2.06. The van der Waals surface area contributed by atoms with Crippen molar-refractivity contribution in [3.8, 4) is 5.75 Å². The minimum absolute atomic E-state index is 0.139. The lowest BCUT2D eigenvalue weighted by molar-refractivity contribution is 0.474. The zero-order chi connectivity index (χ0) is 12.5. The van der Waals surface area contributed by atoms with Crippen LogP contribution in [0.5, 0.6) is 5.75 Å². The molecule has 0 aliphatic carbocycles. The van der Waals surface area contributed by atoms with E-state index in [0.717, 1.165) is 16.6 Å². The summed E-state index contributed by atoms with van der Waals surface area (Å²) in [5.41, 5.74) is 2.44. The molecule has 2 aromatic carbocycles. The molecule has 0 unspecified atom stereocenters. The van der Waals surface area contributed by atoms with Gasteiger partial charge in [-0.15, -0.1) is 0 Å². The summed E-state index contributed by atoms with van der Waals surface area (Å²) >= 11 is 0. The van der Waals surface area contributed by atoms with Crippen LogP contribution in [0.15, 0.2) is 53.3 Å². The molecule has 0 radical (unpaired) electrons. The van der Waals surface area contributed by atoms with Gasteiger partial charge in [0, 0.05) is 0 Å². The number of phenolic OH excluding ortho intramolecular Hbond substituents is 1. The normalized spacial score (nSPS) is 10.9. The Morgan fingerprint density at radius 1 is 1.11 bits per heavy atom. The third kappa shape index (κ3) is 1.78. The van der Waals surface area contributed by atoms with Gasteiger partial charge >= 0.3 is 5.69 Å². The van der Waals surface area contributed by atoms with Crippen molar-refractivity contribution in [1.82, 2.24) is 9.55 Å². The van der Waals surface area contributed by atoms with E-state index in [1.165, 1.54) is 0 Å². The van der Waals surface area contributed by atoms with Gasteiger partial charge in [-0.3, -0.25) is 4.57 Å². The Balaban J connectivity index is 2.10. The van der Waals surface area contributed by atoms with E-state index in [1.54, 1.807) is 22.8 Å². The molecule has 1 aromatic heterocycles. The smallest absolute Gasteiger partial charge is 0.326 e. The van der Waals surface area contributed by atoms with Gasteiger partial charge in [0.25, 0.3) is 0 Å². The van der Waals surface area contributed by atoms with E-state index in [4.69, 9.17) is 0 Å². The quantitative estimate of drug-likeness (QED) is 0.720. The third-order valence-electron chi connectivity index (χ3n) is 2.93. The Hall–Kier alpha value is -2.49. The number of hydrogen-bond donors (Lipinski definition) is 2. The molecular formula is C14H12N2O2. The van der Waals surface area contributed by atoms with Crippen LogP contribution in [0.2, 0.25) is 0 Å². The number of phenols is 1. The number of benzene rings is 2. The molecule has 18 heavy (non-hydrogen) atoms. The monoisotopic (exact) mass is 240 g/mol. The first-order valence-electron chi connectivity index (χ1n) is 5.69. The molecule has 1 heterocycles. The molecule has 0 spiro atoms. The van der Waals surface area contributed by atoms with Crippen molar-refractivity contribution in [1.29, 1.82) is 0 Å². The van der Waals surface area contributed by atoms with Gasteiger partial charge < -0.3 is 10.1 Å². The first-order valence-corrected chi connectivity index (χ1v) is 5.69. The highest BCUT2D eigenvalue weighted by molar-refractivity contribution is 5.75. The molecule has 0 amide bonds. The summed E-state index contributed by atoms with van der Waals surface area (Å²) < 4.78 is 1.66. The van der Waals surface area contributed by atoms with E-state index in [1.807, 2.05) is 30.3 Å². The largest absolute Gasteiger partial charge is 0.508 e. The predicted octanol–water partition coefficient (Wildman–Crippen LogP) is 2.08. The van der Waals surface area contributed by atoms with Crippen LogP contribution < -0.4 is 5.69 Å². The predicted molar refractivity (Wildman–Crippen MR) is 69.8 cm³/mol. The fraction of sp³-hybridized carbons (Fsp3) is 0.0714. The number of aromatic hydroxyl groups is 1. The standard InChI is InChI=1S/C14H12N2O2/c17-11-5-3-4-10(8-11)9-16-13-7-2-1-6-12(13)15-14(16)18/h1-8,17H,9H2,(H,15,18). The van der Waals surface area contributed by atoms with Gasteiger partial charge in [-0.05, 0) is 29.8 Å². The lowest BCUT2D eigenvalue weighted by Gasteiger charge is -2.04. The zero-order valence-corrected chi connectivity index (χ0v) is 9.63. The minimum Gasteiger partial charge on any atom is -0.508 e. The number of rotatable bonds is 2. The number of imidazole rings is 1. The lowest BCUT2D eigenvalue weighted by Crippen LogP contribution is -2.17. The fourth-order valence-corrected chi connectivity index (χ4v) is 2.10. The van der Waals surface area contributed by atoms with Gasteiger partial charge in [-0.1, -0.05) is 24.3 Å². The molecule has 0 aliphatic heterocycles. The Morgan fingerprint density at radius 2 is 1.94 bits per heavy atom. The number of hydrogen-bond acceptors (Lipinski definition) is 2. The minimum atomic E-state index is -0.139. The van der Waals surface area contributed by atoms with Crippen LogP contribution in [-0.2, 0) is 6.54 Å². The summed E-state index contributed by atoms with van der Waals surface area (Å²) in [7, 11) is 0. The molecule has 0 saturated heterocycles. The van der Waals surface area contributed by atoms with Gasteiger partial charge in [-0.2, -0.15) is 0 Å². The highest BCUT2D eigenvalue weighted by Crippen LogP contribution is 2.14. The molecule has 0 atom stereocenters. The molecule has 4 nitrogen and oxygen atoms in total. The average molecular weight is 240 g/mol. The first kappa shape index (κ1) is 10.7. The lowest BCUT2D eigenvalue weighted by atomic mass is 10.2. The summed E-state index contributed by atoms with van der Waals surface area (Å²) in [6.45, 7) is 0.442. The van der Waals surface area contributed by atoms with Crippen molar-refractivity contribution in [3.63, 3.8) is 0 Å². The summed E-state index contributed by atoms with van der Waals surface area (Å²) in [5, 5.41) is 9.43. The average Bonchev–Trinajstić information content (AvgIpc) is 2.66. The van der Waals surface area contributed by atoms with E-state index in [-0.39, 0.29) is 11.4 Å². The third-order valence-corrected chi connectivity index (χ3v) is 2.93. The molecule has 0 bridgehead atoms. The molecule has 2 N–H and O–H groups in total. The van der Waals surface area contributed by atoms with Crippen LogP contribution in [0.4, 0.5) is 0 Å². The summed E-state index contributed by atoms with van der Waals surface area (Å²) in [6.07, 6.45) is 0. The Labute approximate surface area is 103 Å². The van der Waals surface area contributed by atoms with Gasteiger partial charge in [0.1, 0.15) is 5.75 Å². The van der Waals surface area contributed by atoms with Crippen molar-refractivity contribution < 1.29 is 5.11 Å². The van der Waals surface area contributed by atoms with Gasteiger partial charge in [0.2, 0.25) is 0 Å². The highest BCUT2D eigenvalue weighted by atomic mass is 16.3. The van der Waals surface area contributed by atoms with E-state index in [9.17, 15) is 9.90 Å². The Kier molecular flexibility index (Phi) is 2.41. The van der Waals surface area contributed by atoms with Crippen molar-refractivity contribution >= 4 is 11.0 Å². The van der Waals surface area contributed by atoms with Crippen LogP contribution >= 0.6 is 0 Å². The summed E-state index contributed by atoms with van der Waals surface area (Å²) in [4.78, 5) is 14.7. The maximum Gasteiger partial charge on any atom is 0.326 e. The molecule has 4 heteroatoms. The zero-order valence-electron chi connectivity index (χ0n) is 9.63. The molecular weight excluding hydrogens is 228 g/mol. The fourth-order valence-electron chi connectivity index (χ4n) is 2.10. The molecule has 3 aromatic rings.